The lowest BCUT2D eigenvalue weighted by Crippen LogP contribution is -2.44. The van der Waals surface area contributed by atoms with E-state index in [0.717, 1.165) is 65.1 Å². The average Bonchev–Trinajstić information content (AvgIpc) is 3.42. The Labute approximate surface area is 185 Å². The Morgan fingerprint density at radius 2 is 1.69 bits per heavy atom. The number of piperazine rings is 1. The zero-order valence-electron chi connectivity index (χ0n) is 18.2. The Bertz CT molecular complexity index is 1410. The molecule has 0 radical (unpaired) electrons. The molecule has 1 aliphatic rings. The van der Waals surface area contributed by atoms with Gasteiger partial charge in [-0.25, -0.2) is 15.0 Å². The van der Waals surface area contributed by atoms with Gasteiger partial charge < -0.3 is 14.8 Å². The van der Waals surface area contributed by atoms with Crippen molar-refractivity contribution in [3.8, 4) is 22.6 Å². The molecule has 0 bridgehead atoms. The van der Waals surface area contributed by atoms with E-state index >= 15 is 0 Å². The smallest absolute Gasteiger partial charge is 0.178 e. The van der Waals surface area contributed by atoms with Crippen LogP contribution in [0.2, 0.25) is 0 Å². The van der Waals surface area contributed by atoms with Crippen LogP contribution in [-0.2, 0) is 7.05 Å². The highest BCUT2D eigenvalue weighted by Crippen LogP contribution is 2.29. The molecule has 1 N–H and O–H groups in total. The van der Waals surface area contributed by atoms with E-state index in [1.54, 1.807) is 10.9 Å². The number of rotatable bonds is 3. The van der Waals surface area contributed by atoms with E-state index in [1.165, 1.54) is 5.69 Å². The minimum atomic E-state index is 0.653. The summed E-state index contributed by atoms with van der Waals surface area (Å²) in [6.45, 7) is 4.34. The largest absolute Gasteiger partial charge is 0.369 e. The number of anilines is 1. The van der Waals surface area contributed by atoms with Crippen LogP contribution in [0.1, 0.15) is 0 Å². The molecule has 5 aromatic rings. The minimum Gasteiger partial charge on any atom is -0.369 e. The molecule has 8 heteroatoms. The second-order valence-electron chi connectivity index (χ2n) is 8.38. The van der Waals surface area contributed by atoms with Gasteiger partial charge in [0.25, 0.3) is 0 Å². The van der Waals surface area contributed by atoms with E-state index in [4.69, 9.17) is 4.98 Å². The lowest BCUT2D eigenvalue weighted by molar-refractivity contribution is 0.313. The number of aromatic amines is 1. The zero-order chi connectivity index (χ0) is 21.7. The first-order valence-corrected chi connectivity index (χ1v) is 10.8. The highest BCUT2D eigenvalue weighted by Gasteiger charge is 2.15. The van der Waals surface area contributed by atoms with Crippen molar-refractivity contribution in [3.05, 3.63) is 55.0 Å². The van der Waals surface area contributed by atoms with Crippen LogP contribution in [0.4, 0.5) is 5.69 Å². The number of pyridine rings is 1. The molecule has 6 rings (SSSR count). The second kappa shape index (κ2) is 7.42. The van der Waals surface area contributed by atoms with Gasteiger partial charge in [-0.1, -0.05) is 12.1 Å². The lowest BCUT2D eigenvalue weighted by Gasteiger charge is -2.34. The molecule has 0 spiro atoms. The fourth-order valence-corrected chi connectivity index (χ4v) is 4.35. The van der Waals surface area contributed by atoms with Crippen LogP contribution < -0.4 is 4.90 Å². The molecular weight excluding hydrogens is 400 g/mol. The number of hydrogen-bond donors (Lipinski definition) is 1. The van der Waals surface area contributed by atoms with Crippen molar-refractivity contribution in [1.82, 2.24) is 34.6 Å². The van der Waals surface area contributed by atoms with Gasteiger partial charge in [0, 0.05) is 62.3 Å². The summed E-state index contributed by atoms with van der Waals surface area (Å²) in [5, 5.41) is 5.22. The Morgan fingerprint density at radius 3 is 2.44 bits per heavy atom. The van der Waals surface area contributed by atoms with Crippen LogP contribution in [-0.4, -0.2) is 67.8 Å². The number of nitrogens with zero attached hydrogens (tertiary/aromatic N) is 7. The zero-order valence-corrected chi connectivity index (χ0v) is 18.2. The molecule has 1 aliphatic heterocycles. The van der Waals surface area contributed by atoms with Crippen molar-refractivity contribution >= 4 is 27.8 Å². The lowest BCUT2D eigenvalue weighted by atomic mass is 10.1. The van der Waals surface area contributed by atoms with Gasteiger partial charge in [-0.3, -0.25) is 4.68 Å². The summed E-state index contributed by atoms with van der Waals surface area (Å²) in [7, 11) is 4.07. The van der Waals surface area contributed by atoms with Gasteiger partial charge in [-0.05, 0) is 36.9 Å². The Balaban J connectivity index is 1.37. The average molecular weight is 425 g/mol. The quantitative estimate of drug-likeness (QED) is 0.479. The third-order valence-electron chi connectivity index (χ3n) is 6.30. The summed E-state index contributed by atoms with van der Waals surface area (Å²) >= 11 is 0. The molecule has 8 nitrogen and oxygen atoms in total. The molecule has 0 unspecified atom stereocenters. The van der Waals surface area contributed by atoms with Gasteiger partial charge >= 0.3 is 0 Å². The number of fused-ring (bicyclic) bond motifs is 3. The van der Waals surface area contributed by atoms with Gasteiger partial charge in [0.2, 0.25) is 0 Å². The predicted molar refractivity (Wildman–Crippen MR) is 127 cm³/mol. The van der Waals surface area contributed by atoms with Crippen LogP contribution >= 0.6 is 0 Å². The van der Waals surface area contributed by atoms with Crippen LogP contribution in [0.25, 0.3) is 44.7 Å². The molecular formula is C24H24N8. The maximum atomic E-state index is 4.83. The SMILES string of the molecule is CN1CCN(c2ccc(-c3cnc4[nH]c5cnc(-c6ccnn6C)nc5c4c3)cc2)CC1. The Hall–Kier alpha value is -3.78. The highest BCUT2D eigenvalue weighted by molar-refractivity contribution is 6.04. The van der Waals surface area contributed by atoms with Gasteiger partial charge in [-0.15, -0.1) is 0 Å². The van der Waals surface area contributed by atoms with Crippen molar-refractivity contribution in [2.75, 3.05) is 38.1 Å². The Morgan fingerprint density at radius 1 is 0.875 bits per heavy atom. The molecule has 0 aliphatic carbocycles. The first-order chi connectivity index (χ1) is 15.7. The van der Waals surface area contributed by atoms with Gasteiger partial charge in [0.15, 0.2) is 5.82 Å². The summed E-state index contributed by atoms with van der Waals surface area (Å²) in [6.07, 6.45) is 5.48. The first kappa shape index (κ1) is 18.9. The fraction of sp³-hybridized carbons (Fsp3) is 0.250. The van der Waals surface area contributed by atoms with Crippen molar-refractivity contribution in [1.29, 1.82) is 0 Å². The summed E-state index contributed by atoms with van der Waals surface area (Å²) in [6, 6.07) is 12.9. The molecule has 1 saturated heterocycles. The van der Waals surface area contributed by atoms with Crippen molar-refractivity contribution in [2.45, 2.75) is 0 Å². The maximum Gasteiger partial charge on any atom is 0.178 e. The summed E-state index contributed by atoms with van der Waals surface area (Å²) in [5.41, 5.74) is 6.93. The number of aromatic nitrogens is 6. The fourth-order valence-electron chi connectivity index (χ4n) is 4.35. The topological polar surface area (TPSA) is 78.8 Å². The van der Waals surface area contributed by atoms with Gasteiger partial charge in [0.1, 0.15) is 16.9 Å². The van der Waals surface area contributed by atoms with Gasteiger partial charge in [0.05, 0.1) is 11.7 Å². The van der Waals surface area contributed by atoms with E-state index < -0.39 is 0 Å². The first-order valence-electron chi connectivity index (χ1n) is 10.8. The predicted octanol–water partition coefficient (Wildman–Crippen LogP) is 3.33. The van der Waals surface area contributed by atoms with E-state index in [1.807, 2.05) is 25.5 Å². The van der Waals surface area contributed by atoms with Crippen LogP contribution in [0.15, 0.2) is 55.0 Å². The van der Waals surface area contributed by atoms with Crippen molar-refractivity contribution in [3.63, 3.8) is 0 Å². The van der Waals surface area contributed by atoms with Crippen molar-refractivity contribution < 1.29 is 0 Å². The Kier molecular flexibility index (Phi) is 4.39. The molecule has 4 aromatic heterocycles. The molecule has 1 fully saturated rings. The van der Waals surface area contributed by atoms with Crippen molar-refractivity contribution in [2.24, 2.45) is 7.05 Å². The third-order valence-corrected chi connectivity index (χ3v) is 6.30. The van der Waals surface area contributed by atoms with Crippen LogP contribution in [0.3, 0.4) is 0 Å². The van der Waals surface area contributed by atoms with Crippen LogP contribution in [0, 0.1) is 0 Å². The standard InChI is InChI=1S/C24H24N8/c1-30-9-11-32(12-10-30)18-5-3-16(4-6-18)17-13-19-22-20(28-23(19)25-14-17)15-26-24(29-22)21-7-8-27-31(21)2/h3-8,13-15H,9-12H2,1-2H3,(H,25,28). The normalized spacial score (nSPS) is 15.1. The van der Waals surface area contributed by atoms with E-state index in [2.05, 4.69) is 67.2 Å². The molecule has 32 heavy (non-hydrogen) atoms. The molecule has 0 saturated carbocycles. The number of hydrogen-bond acceptors (Lipinski definition) is 6. The summed E-state index contributed by atoms with van der Waals surface area (Å²) in [4.78, 5) is 22.2. The molecule has 0 atom stereocenters. The monoisotopic (exact) mass is 424 g/mol. The second-order valence-corrected chi connectivity index (χ2v) is 8.38. The number of benzene rings is 1. The van der Waals surface area contributed by atoms with Gasteiger partial charge in [-0.2, -0.15) is 5.10 Å². The third kappa shape index (κ3) is 3.20. The minimum absolute atomic E-state index is 0.653. The molecule has 5 heterocycles. The summed E-state index contributed by atoms with van der Waals surface area (Å²) in [5.74, 6) is 0.653. The highest BCUT2D eigenvalue weighted by atomic mass is 15.3. The molecule has 1 aromatic carbocycles. The molecule has 160 valence electrons. The molecule has 0 amide bonds. The van der Waals surface area contributed by atoms with Crippen LogP contribution in [0.5, 0.6) is 0 Å². The van der Waals surface area contributed by atoms with E-state index in [-0.39, 0.29) is 0 Å². The summed E-state index contributed by atoms with van der Waals surface area (Å²) < 4.78 is 1.78. The number of aryl methyl sites for hydroxylation is 1. The van der Waals surface area contributed by atoms with E-state index in [9.17, 15) is 0 Å². The maximum absolute atomic E-state index is 4.83. The number of likely N-dealkylation sites (N-methyl/N-ethyl adjacent to an activating group) is 1. The van der Waals surface area contributed by atoms with E-state index in [0.29, 0.717) is 5.82 Å². The number of H-pyrrole nitrogens is 1. The number of nitrogens with one attached hydrogen (secondary N) is 1.